The maximum absolute atomic E-state index is 12.9. The summed E-state index contributed by atoms with van der Waals surface area (Å²) in [4.78, 5) is 45.6. The molecule has 0 fully saturated rings. The van der Waals surface area contributed by atoms with Crippen molar-refractivity contribution in [2.24, 2.45) is 0 Å². The minimum absolute atomic E-state index is 0.00166. The molecule has 1 N–H and O–H groups in total. The molecule has 6 aromatic rings. The Labute approximate surface area is 328 Å². The molecule has 10 nitrogen and oxygen atoms in total. The van der Waals surface area contributed by atoms with E-state index < -0.39 is 0 Å². The van der Waals surface area contributed by atoms with Crippen LogP contribution in [0.1, 0.15) is 34.2 Å². The van der Waals surface area contributed by atoms with Crippen molar-refractivity contribution in [3.8, 4) is 48.4 Å². The van der Waals surface area contributed by atoms with E-state index in [1.165, 1.54) is 0 Å². The summed E-state index contributed by atoms with van der Waals surface area (Å²) in [5.41, 5.74) is 4.50. The van der Waals surface area contributed by atoms with Gasteiger partial charge in [-0.3, -0.25) is 23.6 Å². The van der Waals surface area contributed by atoms with E-state index >= 15 is 0 Å². The number of halogens is 1. The van der Waals surface area contributed by atoms with Crippen LogP contribution in [0.2, 0.25) is 0 Å². The van der Waals surface area contributed by atoms with E-state index in [2.05, 4.69) is 71.6 Å². The average Bonchev–Trinajstić information content (AvgIpc) is 3.59. The van der Waals surface area contributed by atoms with E-state index in [-0.39, 0.29) is 11.1 Å². The summed E-state index contributed by atoms with van der Waals surface area (Å²) >= 11 is 3.01. The second-order valence-corrected chi connectivity index (χ2v) is 13.0. The summed E-state index contributed by atoms with van der Waals surface area (Å²) in [6.45, 7) is 5.08. The fraction of sp³-hybridized carbons (Fsp3) is 0.227. The Morgan fingerprint density at radius 2 is 1.22 bits per heavy atom. The highest BCUT2D eigenvalue weighted by molar-refractivity contribution is 9.09. The predicted octanol–water partition coefficient (Wildman–Crippen LogP) is 4.03. The van der Waals surface area contributed by atoms with Gasteiger partial charge in [0.2, 0.25) is 0 Å². The molecule has 0 spiro atoms. The summed E-state index contributed by atoms with van der Waals surface area (Å²) < 4.78 is 3.56. The van der Waals surface area contributed by atoms with Gasteiger partial charge in [-0.25, -0.2) is 19.9 Å². The van der Waals surface area contributed by atoms with Crippen molar-refractivity contribution in [3.05, 3.63) is 140 Å². The van der Waals surface area contributed by atoms with Crippen molar-refractivity contribution >= 4 is 37.7 Å². The van der Waals surface area contributed by atoms with Crippen LogP contribution in [0.15, 0.2) is 94.8 Å². The molecule has 6 heterocycles. The minimum atomic E-state index is 0.00166. The van der Waals surface area contributed by atoms with Crippen LogP contribution in [0.5, 0.6) is 0 Å². The number of pyridine rings is 2. The van der Waals surface area contributed by atoms with Crippen LogP contribution in [-0.4, -0.2) is 72.0 Å². The number of alkyl halides is 1. The molecule has 0 amide bonds. The van der Waals surface area contributed by atoms with E-state index in [4.69, 9.17) is 22.8 Å². The smallest absolute Gasteiger partial charge is 0.261 e. The third kappa shape index (κ3) is 10.0. The first-order valence-electron chi connectivity index (χ1n) is 17.8. The number of aromatic nitrogens is 6. The first-order chi connectivity index (χ1) is 27.0. The monoisotopic (exact) mass is 788 g/mol. The SMILES string of the molecule is C#CCBr.C#CCN1CCc2nc3cc(C#Cc4ccccn4)ccc3c(=O)n2CC1.O=c1c2ccc(C#Cc3ccccn3)cc2nc2n1CCNCC2. The Balaban J connectivity index is 0.000000172. The van der Waals surface area contributed by atoms with Crippen molar-refractivity contribution < 1.29 is 0 Å². The lowest BCUT2D eigenvalue weighted by Crippen LogP contribution is -2.29. The van der Waals surface area contributed by atoms with Crippen molar-refractivity contribution in [2.75, 3.05) is 38.1 Å². The van der Waals surface area contributed by atoms with Crippen LogP contribution in [0.25, 0.3) is 21.8 Å². The zero-order valence-corrected chi connectivity index (χ0v) is 31.7. The molecule has 0 atom stereocenters. The van der Waals surface area contributed by atoms with E-state index in [1.54, 1.807) is 21.5 Å². The summed E-state index contributed by atoms with van der Waals surface area (Å²) in [6, 6.07) is 22.4. The van der Waals surface area contributed by atoms with Crippen LogP contribution in [0.4, 0.5) is 0 Å². The molecule has 2 aliphatic rings. The molecule has 0 saturated carbocycles. The standard InChI is InChI=1S/C22H18N4O.C19H16N4O.C3H3Br/c1-2-12-25-13-10-21-24-20-16-17(6-8-18-5-3-4-11-23-18)7-9-19(20)22(27)26(21)15-14-25;24-19-16-7-5-14(4-6-15-3-1-2-9-21-15)13-17(16)22-18-8-10-20-11-12-23(18)19;1-2-3-4/h1,3-5,7,9,11,16H,10,12-15H2;1-3,5,7,9,13,20H,8,10-12H2;1H,3H2. The third-order valence-electron chi connectivity index (χ3n) is 8.79. The second kappa shape index (κ2) is 19.1. The molecular formula is C44H37BrN8O2. The average molecular weight is 790 g/mol. The molecular weight excluding hydrogens is 752 g/mol. The maximum atomic E-state index is 12.9. The molecule has 272 valence electrons. The molecule has 11 heteroatoms. The number of rotatable bonds is 1. The minimum Gasteiger partial charge on any atom is -0.315 e. The van der Waals surface area contributed by atoms with Gasteiger partial charge in [-0.15, -0.1) is 12.8 Å². The molecule has 0 unspecified atom stereocenters. The molecule has 55 heavy (non-hydrogen) atoms. The third-order valence-corrected chi connectivity index (χ3v) is 9.11. The Hall–Kier alpha value is -6.34. The maximum Gasteiger partial charge on any atom is 0.261 e. The highest BCUT2D eigenvalue weighted by Crippen LogP contribution is 2.15. The van der Waals surface area contributed by atoms with Gasteiger partial charge >= 0.3 is 0 Å². The highest BCUT2D eigenvalue weighted by atomic mass is 79.9. The summed E-state index contributed by atoms with van der Waals surface area (Å²) in [5, 5.41) is 5.22. The van der Waals surface area contributed by atoms with Gasteiger partial charge in [-0.2, -0.15) is 0 Å². The van der Waals surface area contributed by atoms with Crippen molar-refractivity contribution in [1.29, 1.82) is 0 Å². The fourth-order valence-electron chi connectivity index (χ4n) is 6.09. The lowest BCUT2D eigenvalue weighted by Gasteiger charge is -2.15. The largest absolute Gasteiger partial charge is 0.315 e. The molecule has 0 saturated heterocycles. The number of nitrogens with one attached hydrogen (secondary N) is 1. The van der Waals surface area contributed by atoms with Gasteiger partial charge in [0, 0.05) is 75.6 Å². The Bertz CT molecular complexity index is 2640. The number of benzene rings is 2. The number of fused-ring (bicyclic) bond motifs is 4. The second-order valence-electron chi connectivity index (χ2n) is 12.4. The molecule has 2 aromatic carbocycles. The lowest BCUT2D eigenvalue weighted by atomic mass is 10.1. The zero-order chi connectivity index (χ0) is 38.4. The summed E-state index contributed by atoms with van der Waals surface area (Å²) in [5.74, 6) is 18.9. The number of nitrogens with zero attached hydrogens (tertiary/aromatic N) is 7. The number of hydrogen-bond donors (Lipinski definition) is 1. The van der Waals surface area contributed by atoms with E-state index in [9.17, 15) is 9.59 Å². The van der Waals surface area contributed by atoms with E-state index in [0.717, 1.165) is 61.1 Å². The van der Waals surface area contributed by atoms with Gasteiger partial charge in [0.15, 0.2) is 0 Å². The lowest BCUT2D eigenvalue weighted by molar-refractivity contribution is 0.313. The van der Waals surface area contributed by atoms with Crippen LogP contribution < -0.4 is 16.4 Å². The molecule has 8 rings (SSSR count). The van der Waals surface area contributed by atoms with Gasteiger partial charge in [0.1, 0.15) is 23.0 Å². The van der Waals surface area contributed by atoms with Crippen molar-refractivity contribution in [1.82, 2.24) is 39.3 Å². The van der Waals surface area contributed by atoms with E-state index in [1.807, 2.05) is 72.8 Å². The number of hydrogen-bond acceptors (Lipinski definition) is 8. The van der Waals surface area contributed by atoms with Crippen LogP contribution in [0.3, 0.4) is 0 Å². The molecule has 0 bridgehead atoms. The Kier molecular flexibility index (Phi) is 13.3. The fourth-order valence-corrected chi connectivity index (χ4v) is 6.09. The molecule has 0 aliphatic carbocycles. The van der Waals surface area contributed by atoms with Crippen LogP contribution >= 0.6 is 15.9 Å². The van der Waals surface area contributed by atoms with Gasteiger partial charge < -0.3 is 5.32 Å². The molecule has 2 aliphatic heterocycles. The van der Waals surface area contributed by atoms with Crippen molar-refractivity contribution in [2.45, 2.75) is 25.9 Å². The molecule has 0 radical (unpaired) electrons. The summed E-state index contributed by atoms with van der Waals surface area (Å²) in [6.07, 6.45) is 15.0. The quantitative estimate of drug-likeness (QED) is 0.197. The first-order valence-corrected chi connectivity index (χ1v) is 18.9. The Morgan fingerprint density at radius 1 is 0.655 bits per heavy atom. The van der Waals surface area contributed by atoms with E-state index in [0.29, 0.717) is 58.9 Å². The number of terminal acetylenes is 2. The Morgan fingerprint density at radius 3 is 1.75 bits per heavy atom. The van der Waals surface area contributed by atoms with Crippen LogP contribution in [0, 0.1) is 48.4 Å². The van der Waals surface area contributed by atoms with Gasteiger partial charge in [-0.05, 0) is 72.5 Å². The molecule has 4 aromatic heterocycles. The predicted molar refractivity (Wildman–Crippen MR) is 221 cm³/mol. The van der Waals surface area contributed by atoms with Crippen LogP contribution in [-0.2, 0) is 25.9 Å². The van der Waals surface area contributed by atoms with Gasteiger partial charge in [0.25, 0.3) is 11.1 Å². The normalized spacial score (nSPS) is 13.1. The highest BCUT2D eigenvalue weighted by Gasteiger charge is 2.17. The first kappa shape index (κ1) is 38.4. The topological polar surface area (TPSA) is 111 Å². The summed E-state index contributed by atoms with van der Waals surface area (Å²) in [7, 11) is 0. The van der Waals surface area contributed by atoms with Gasteiger partial charge in [0.05, 0.1) is 33.7 Å². The zero-order valence-electron chi connectivity index (χ0n) is 30.1. The van der Waals surface area contributed by atoms with Gasteiger partial charge in [-0.1, -0.05) is 51.7 Å². The van der Waals surface area contributed by atoms with Crippen molar-refractivity contribution in [3.63, 3.8) is 0 Å².